The number of hydrogen-bond acceptors (Lipinski definition) is 6. The lowest BCUT2D eigenvalue weighted by molar-refractivity contribution is -0.385. The van der Waals surface area contributed by atoms with E-state index in [1.807, 2.05) is 0 Å². The SMILES string of the molecule is C=C(N)C1=C(O)CC2CC3Cc4c([N+](=O)[O-])ccc(C)c4C(=O)C3=C(C)C2C1=O. The quantitative estimate of drug-likeness (QED) is 0.585. The van der Waals surface area contributed by atoms with Gasteiger partial charge in [-0.15, -0.1) is 0 Å². The molecule has 3 N–H and O–H groups in total. The minimum atomic E-state index is -0.531. The van der Waals surface area contributed by atoms with Crippen molar-refractivity contribution in [3.05, 3.63) is 73.7 Å². The first-order valence-electron chi connectivity index (χ1n) is 9.56. The Balaban J connectivity index is 1.88. The predicted molar refractivity (Wildman–Crippen MR) is 106 cm³/mol. The van der Waals surface area contributed by atoms with Crippen LogP contribution in [-0.4, -0.2) is 21.6 Å². The van der Waals surface area contributed by atoms with Gasteiger partial charge in [-0.1, -0.05) is 18.2 Å². The van der Waals surface area contributed by atoms with Crippen LogP contribution in [0.4, 0.5) is 5.69 Å². The minimum absolute atomic E-state index is 0.0256. The third-order valence-corrected chi connectivity index (χ3v) is 6.57. The third-order valence-electron chi connectivity index (χ3n) is 6.57. The summed E-state index contributed by atoms with van der Waals surface area (Å²) in [4.78, 5) is 37.5. The molecule has 0 amide bonds. The first kappa shape index (κ1) is 19.1. The van der Waals surface area contributed by atoms with Crippen LogP contribution in [-0.2, 0) is 11.2 Å². The molecular weight excluding hydrogens is 372 g/mol. The highest BCUT2D eigenvalue weighted by Gasteiger charge is 2.48. The van der Waals surface area contributed by atoms with E-state index in [2.05, 4.69) is 6.58 Å². The first-order chi connectivity index (χ1) is 13.6. The number of fused-ring (bicyclic) bond motifs is 3. The molecule has 7 nitrogen and oxygen atoms in total. The Labute approximate surface area is 167 Å². The largest absolute Gasteiger partial charge is 0.511 e. The van der Waals surface area contributed by atoms with Gasteiger partial charge in [0.2, 0.25) is 0 Å². The summed E-state index contributed by atoms with van der Waals surface area (Å²) in [5, 5.41) is 21.8. The highest BCUT2D eigenvalue weighted by molar-refractivity contribution is 6.14. The molecule has 0 bridgehead atoms. The summed E-state index contributed by atoms with van der Waals surface area (Å²) < 4.78 is 0. The molecule has 0 fully saturated rings. The topological polar surface area (TPSA) is 124 Å². The highest BCUT2D eigenvalue weighted by Crippen LogP contribution is 2.50. The van der Waals surface area contributed by atoms with Gasteiger partial charge < -0.3 is 10.8 Å². The second-order valence-corrected chi connectivity index (χ2v) is 8.23. The number of carbonyl (C=O) groups is 2. The fraction of sp³-hybridized carbons (Fsp3) is 0.364. The van der Waals surface area contributed by atoms with Crippen LogP contribution in [0.5, 0.6) is 0 Å². The zero-order valence-electron chi connectivity index (χ0n) is 16.3. The lowest BCUT2D eigenvalue weighted by Crippen LogP contribution is -2.41. The van der Waals surface area contributed by atoms with E-state index >= 15 is 0 Å². The van der Waals surface area contributed by atoms with Gasteiger partial charge in [-0.2, -0.15) is 0 Å². The Morgan fingerprint density at radius 2 is 1.97 bits per heavy atom. The predicted octanol–water partition coefficient (Wildman–Crippen LogP) is 3.47. The molecular formula is C22H22N2O5. The molecule has 0 heterocycles. The number of nitro benzene ring substituents is 1. The Kier molecular flexibility index (Phi) is 4.22. The van der Waals surface area contributed by atoms with Crippen molar-refractivity contribution in [1.29, 1.82) is 0 Å². The minimum Gasteiger partial charge on any atom is -0.511 e. The normalized spacial score (nSPS) is 26.1. The summed E-state index contributed by atoms with van der Waals surface area (Å²) in [7, 11) is 0. The Morgan fingerprint density at radius 3 is 2.59 bits per heavy atom. The summed E-state index contributed by atoms with van der Waals surface area (Å²) in [6, 6.07) is 3.05. The van der Waals surface area contributed by atoms with Crippen molar-refractivity contribution in [2.24, 2.45) is 23.5 Å². The second kappa shape index (κ2) is 6.40. The van der Waals surface area contributed by atoms with Gasteiger partial charge in [0.1, 0.15) is 5.76 Å². The molecule has 0 aliphatic heterocycles. The van der Waals surface area contributed by atoms with Crippen molar-refractivity contribution in [1.82, 2.24) is 0 Å². The molecule has 1 aromatic rings. The maximum Gasteiger partial charge on any atom is 0.273 e. The van der Waals surface area contributed by atoms with E-state index in [1.165, 1.54) is 6.07 Å². The van der Waals surface area contributed by atoms with Gasteiger partial charge in [-0.25, -0.2) is 0 Å². The number of aliphatic hydroxyl groups excluding tert-OH is 1. The summed E-state index contributed by atoms with van der Waals surface area (Å²) in [6.45, 7) is 7.15. The molecule has 3 unspecified atom stereocenters. The number of hydrogen-bond donors (Lipinski definition) is 2. The number of benzene rings is 1. The number of nitrogens with zero attached hydrogens (tertiary/aromatic N) is 1. The van der Waals surface area contributed by atoms with E-state index in [-0.39, 0.29) is 52.5 Å². The molecule has 3 aliphatic carbocycles. The van der Waals surface area contributed by atoms with E-state index in [1.54, 1.807) is 19.9 Å². The Hall–Kier alpha value is -3.22. The van der Waals surface area contributed by atoms with Crippen LogP contribution >= 0.6 is 0 Å². The average Bonchev–Trinajstić information content (AvgIpc) is 2.60. The zero-order valence-corrected chi connectivity index (χ0v) is 16.3. The van der Waals surface area contributed by atoms with E-state index < -0.39 is 10.8 Å². The molecule has 3 aliphatic rings. The van der Waals surface area contributed by atoms with E-state index in [4.69, 9.17) is 5.73 Å². The molecule has 4 rings (SSSR count). The van der Waals surface area contributed by atoms with Crippen molar-refractivity contribution in [2.75, 3.05) is 0 Å². The van der Waals surface area contributed by atoms with Crippen molar-refractivity contribution < 1.29 is 19.6 Å². The summed E-state index contributed by atoms with van der Waals surface area (Å²) in [5.74, 6) is -1.50. The van der Waals surface area contributed by atoms with Crippen LogP contribution in [0.3, 0.4) is 0 Å². The van der Waals surface area contributed by atoms with Crippen LogP contribution in [0.2, 0.25) is 0 Å². The molecule has 0 radical (unpaired) electrons. The zero-order chi connectivity index (χ0) is 21.2. The highest BCUT2D eigenvalue weighted by atomic mass is 16.6. The van der Waals surface area contributed by atoms with E-state index in [9.17, 15) is 24.8 Å². The number of nitrogens with two attached hydrogens (primary N) is 1. The van der Waals surface area contributed by atoms with E-state index in [0.717, 1.165) is 0 Å². The van der Waals surface area contributed by atoms with Gasteiger partial charge in [0.15, 0.2) is 11.6 Å². The third kappa shape index (κ3) is 2.64. The van der Waals surface area contributed by atoms with Crippen molar-refractivity contribution in [3.63, 3.8) is 0 Å². The molecule has 0 aromatic heterocycles. The van der Waals surface area contributed by atoms with Crippen LogP contribution in [0.15, 0.2) is 46.9 Å². The van der Waals surface area contributed by atoms with Crippen molar-refractivity contribution in [2.45, 2.75) is 33.1 Å². The fourth-order valence-corrected chi connectivity index (χ4v) is 5.44. The number of Topliss-reactive ketones (excluding diaryl/α,β-unsaturated/α-hetero) is 2. The van der Waals surface area contributed by atoms with Gasteiger partial charge in [0.25, 0.3) is 5.69 Å². The van der Waals surface area contributed by atoms with Gasteiger partial charge in [-0.3, -0.25) is 19.7 Å². The van der Waals surface area contributed by atoms with Gasteiger partial charge >= 0.3 is 0 Å². The maximum absolute atomic E-state index is 13.4. The number of aryl methyl sites for hydroxylation is 1. The monoisotopic (exact) mass is 394 g/mol. The molecule has 29 heavy (non-hydrogen) atoms. The summed E-state index contributed by atoms with van der Waals surface area (Å²) in [6.07, 6.45) is 1.16. The van der Waals surface area contributed by atoms with Gasteiger partial charge in [-0.05, 0) is 44.1 Å². The van der Waals surface area contributed by atoms with Crippen molar-refractivity contribution >= 4 is 17.3 Å². The number of carbonyl (C=O) groups excluding carboxylic acids is 2. The number of allylic oxidation sites excluding steroid dienone is 4. The van der Waals surface area contributed by atoms with Crippen LogP contribution in [0, 0.1) is 34.8 Å². The molecule has 0 spiro atoms. The first-order valence-corrected chi connectivity index (χ1v) is 9.56. The van der Waals surface area contributed by atoms with Gasteiger partial charge in [0.05, 0.1) is 10.5 Å². The number of aliphatic hydroxyl groups is 1. The van der Waals surface area contributed by atoms with Crippen LogP contribution in [0.25, 0.3) is 0 Å². The lowest BCUT2D eigenvalue weighted by Gasteiger charge is -2.42. The summed E-state index contributed by atoms with van der Waals surface area (Å²) in [5.41, 5.74) is 8.58. The van der Waals surface area contributed by atoms with E-state index in [0.29, 0.717) is 40.7 Å². The molecule has 150 valence electrons. The Morgan fingerprint density at radius 1 is 1.28 bits per heavy atom. The molecule has 0 saturated carbocycles. The standard InChI is InChI=1S/C22H22N2O5/c1-9-4-5-15(24(28)29)14-7-12-6-13-8-16(25)20(11(3)23)22(27)19(13)10(2)18(12)21(26)17(9)14/h4-5,12-13,19,25H,3,6-8,23H2,1-2H3. The molecule has 0 saturated heterocycles. The maximum atomic E-state index is 13.4. The average molecular weight is 394 g/mol. The summed E-state index contributed by atoms with van der Waals surface area (Å²) >= 11 is 0. The molecule has 1 aromatic carbocycles. The fourth-order valence-electron chi connectivity index (χ4n) is 5.44. The van der Waals surface area contributed by atoms with Crippen molar-refractivity contribution in [3.8, 4) is 0 Å². The number of rotatable bonds is 2. The molecule has 7 heteroatoms. The van der Waals surface area contributed by atoms with Gasteiger partial charge in [0, 0.05) is 40.8 Å². The van der Waals surface area contributed by atoms with Crippen LogP contribution in [0.1, 0.15) is 41.3 Å². The Bertz CT molecular complexity index is 1080. The van der Waals surface area contributed by atoms with Crippen LogP contribution < -0.4 is 5.73 Å². The molecule has 3 atom stereocenters. The smallest absolute Gasteiger partial charge is 0.273 e. The number of ketones is 2. The lowest BCUT2D eigenvalue weighted by atomic mass is 9.60. The number of nitro groups is 1. The second-order valence-electron chi connectivity index (χ2n) is 8.23.